The van der Waals surface area contributed by atoms with Crippen molar-refractivity contribution in [1.29, 1.82) is 0 Å². The van der Waals surface area contributed by atoms with E-state index < -0.39 is 17.0 Å². The number of carbonyl (C=O) groups is 1. The van der Waals surface area contributed by atoms with Crippen LogP contribution in [0.15, 0.2) is 4.99 Å². The van der Waals surface area contributed by atoms with Crippen molar-refractivity contribution in [2.75, 3.05) is 6.54 Å². The van der Waals surface area contributed by atoms with Gasteiger partial charge in [-0.2, -0.15) is 0 Å². The maximum Gasteiger partial charge on any atom is 0.236 e. The fourth-order valence-electron chi connectivity index (χ4n) is 0.855. The molecular formula is C6H13N5O3. The predicted octanol–water partition coefficient (Wildman–Crippen LogP) is -2.18. The second-order valence-electron chi connectivity index (χ2n) is 2.66. The van der Waals surface area contributed by atoms with Crippen LogP contribution in [-0.2, 0) is 4.79 Å². The van der Waals surface area contributed by atoms with E-state index >= 15 is 0 Å². The van der Waals surface area contributed by atoms with Crippen molar-refractivity contribution in [2.45, 2.75) is 18.5 Å². The second-order valence-corrected chi connectivity index (χ2v) is 2.66. The van der Waals surface area contributed by atoms with E-state index in [0.717, 1.165) is 0 Å². The van der Waals surface area contributed by atoms with Gasteiger partial charge in [-0.05, 0) is 0 Å². The summed E-state index contributed by atoms with van der Waals surface area (Å²) in [7, 11) is 0. The molecule has 0 aromatic carbocycles. The first kappa shape index (κ1) is 12.3. The van der Waals surface area contributed by atoms with E-state index in [9.17, 15) is 14.9 Å². The fraction of sp³-hybridized carbons (Fsp3) is 0.667. The van der Waals surface area contributed by atoms with Gasteiger partial charge in [-0.1, -0.05) is 0 Å². The molecule has 0 aliphatic carbocycles. The van der Waals surface area contributed by atoms with Gasteiger partial charge in [-0.3, -0.25) is 15.1 Å². The molecule has 0 amide bonds. The van der Waals surface area contributed by atoms with Crippen LogP contribution in [-0.4, -0.2) is 35.8 Å². The van der Waals surface area contributed by atoms with Crippen LogP contribution in [0.25, 0.3) is 0 Å². The molecule has 0 rings (SSSR count). The van der Waals surface area contributed by atoms with Gasteiger partial charge in [-0.15, -0.1) is 0 Å². The van der Waals surface area contributed by atoms with E-state index in [-0.39, 0.29) is 18.9 Å². The van der Waals surface area contributed by atoms with Crippen LogP contribution in [0, 0.1) is 10.1 Å². The zero-order chi connectivity index (χ0) is 11.1. The molecule has 0 aliphatic rings. The molecule has 8 heteroatoms. The molecule has 0 fully saturated rings. The Morgan fingerprint density at radius 3 is 2.50 bits per heavy atom. The molecule has 0 saturated carbocycles. The monoisotopic (exact) mass is 203 g/mol. The number of aldehydes is 1. The maximum absolute atomic E-state index is 10.4. The normalized spacial score (nSPS) is 14.1. The number of guanidine groups is 1. The lowest BCUT2D eigenvalue weighted by Crippen LogP contribution is -2.42. The molecular weight excluding hydrogens is 190 g/mol. The van der Waals surface area contributed by atoms with Gasteiger partial charge in [0.15, 0.2) is 5.96 Å². The number of hydrogen-bond donors (Lipinski definition) is 3. The minimum absolute atomic E-state index is 0.0325. The van der Waals surface area contributed by atoms with Crippen molar-refractivity contribution in [3.05, 3.63) is 10.1 Å². The first-order chi connectivity index (χ1) is 6.49. The summed E-state index contributed by atoms with van der Waals surface area (Å²) in [5.74, 6) is -0.147. The van der Waals surface area contributed by atoms with Crippen LogP contribution in [0.1, 0.15) is 6.42 Å². The van der Waals surface area contributed by atoms with Gasteiger partial charge in [0.25, 0.3) is 0 Å². The molecule has 1 unspecified atom stereocenters. The Morgan fingerprint density at radius 1 is 1.57 bits per heavy atom. The lowest BCUT2D eigenvalue weighted by molar-refractivity contribution is -0.523. The number of rotatable bonds is 6. The summed E-state index contributed by atoms with van der Waals surface area (Å²) in [6.07, 6.45) is 0.369. The van der Waals surface area contributed by atoms with Crippen LogP contribution in [0.2, 0.25) is 0 Å². The van der Waals surface area contributed by atoms with Crippen LogP contribution in [0.3, 0.4) is 0 Å². The van der Waals surface area contributed by atoms with Gasteiger partial charge in [0.05, 0.1) is 0 Å². The molecule has 2 atom stereocenters. The average molecular weight is 203 g/mol. The Morgan fingerprint density at radius 2 is 2.14 bits per heavy atom. The molecule has 0 radical (unpaired) electrons. The third-order valence-corrected chi connectivity index (χ3v) is 1.59. The second kappa shape index (κ2) is 5.86. The first-order valence-electron chi connectivity index (χ1n) is 3.88. The first-order valence-corrected chi connectivity index (χ1v) is 3.88. The van der Waals surface area contributed by atoms with Gasteiger partial charge < -0.3 is 22.0 Å². The van der Waals surface area contributed by atoms with Crippen molar-refractivity contribution < 1.29 is 9.72 Å². The van der Waals surface area contributed by atoms with E-state index in [1.54, 1.807) is 0 Å². The third-order valence-electron chi connectivity index (χ3n) is 1.59. The van der Waals surface area contributed by atoms with Crippen LogP contribution >= 0.6 is 0 Å². The SMILES string of the molecule is NC(N)=NCCC([C@H](N)C=O)[N+](=O)[O-]. The number of nitro groups is 1. The molecule has 0 aromatic heterocycles. The third kappa shape index (κ3) is 4.36. The summed E-state index contributed by atoms with van der Waals surface area (Å²) in [5.41, 5.74) is 15.3. The predicted molar refractivity (Wildman–Crippen MR) is 50.1 cm³/mol. The quantitative estimate of drug-likeness (QED) is 0.147. The highest BCUT2D eigenvalue weighted by molar-refractivity contribution is 5.75. The summed E-state index contributed by atoms with van der Waals surface area (Å²) in [5, 5.41) is 10.4. The number of nitrogens with zero attached hydrogens (tertiary/aromatic N) is 2. The highest BCUT2D eigenvalue weighted by Crippen LogP contribution is 2.00. The largest absolute Gasteiger partial charge is 0.370 e. The standard InChI is InChI=1S/C6H13N5O3/c7-4(3-12)5(11(13)14)1-2-10-6(8)9/h3-5H,1-2,7H2,(H4,8,9,10)/t4-,5?/m1/s1. The van der Waals surface area contributed by atoms with E-state index in [1.807, 2.05) is 0 Å². The van der Waals surface area contributed by atoms with Crippen LogP contribution < -0.4 is 17.2 Å². The van der Waals surface area contributed by atoms with E-state index in [2.05, 4.69) is 4.99 Å². The lowest BCUT2D eigenvalue weighted by Gasteiger charge is -2.10. The van der Waals surface area contributed by atoms with E-state index in [4.69, 9.17) is 17.2 Å². The Balaban J connectivity index is 4.18. The lowest BCUT2D eigenvalue weighted by atomic mass is 10.1. The zero-order valence-electron chi connectivity index (χ0n) is 7.50. The molecule has 6 N–H and O–H groups in total. The fourth-order valence-corrected chi connectivity index (χ4v) is 0.855. The number of hydrogen-bond acceptors (Lipinski definition) is 5. The summed E-state index contributed by atoms with van der Waals surface area (Å²) in [6.45, 7) is 0.0789. The van der Waals surface area contributed by atoms with Crippen molar-refractivity contribution >= 4 is 12.2 Å². The van der Waals surface area contributed by atoms with Gasteiger partial charge in [0.1, 0.15) is 12.3 Å². The van der Waals surface area contributed by atoms with Gasteiger partial charge >= 0.3 is 0 Å². The zero-order valence-corrected chi connectivity index (χ0v) is 7.50. The molecule has 14 heavy (non-hydrogen) atoms. The van der Waals surface area contributed by atoms with Gasteiger partial charge in [0, 0.05) is 17.9 Å². The molecule has 0 aromatic rings. The summed E-state index contributed by atoms with van der Waals surface area (Å²) in [4.78, 5) is 23.6. The Labute approximate surface area is 80.3 Å². The maximum atomic E-state index is 10.4. The Bertz CT molecular complexity index is 238. The highest BCUT2D eigenvalue weighted by Gasteiger charge is 2.27. The van der Waals surface area contributed by atoms with Crippen molar-refractivity contribution in [3.8, 4) is 0 Å². The van der Waals surface area contributed by atoms with Gasteiger partial charge in [-0.25, -0.2) is 0 Å². The average Bonchev–Trinajstić information content (AvgIpc) is 2.10. The Hall–Kier alpha value is -1.70. The van der Waals surface area contributed by atoms with Crippen LogP contribution in [0.4, 0.5) is 0 Å². The minimum atomic E-state index is -1.14. The highest BCUT2D eigenvalue weighted by atomic mass is 16.6. The smallest absolute Gasteiger partial charge is 0.236 e. The van der Waals surface area contributed by atoms with E-state index in [1.165, 1.54) is 0 Å². The summed E-state index contributed by atoms with van der Waals surface area (Å²) >= 11 is 0. The molecule has 0 bridgehead atoms. The van der Waals surface area contributed by atoms with Crippen molar-refractivity contribution in [1.82, 2.24) is 0 Å². The van der Waals surface area contributed by atoms with Gasteiger partial charge in [0.2, 0.25) is 6.04 Å². The number of nitrogens with two attached hydrogens (primary N) is 3. The molecule has 80 valence electrons. The molecule has 0 heterocycles. The summed E-state index contributed by atoms with van der Waals surface area (Å²) < 4.78 is 0. The summed E-state index contributed by atoms with van der Waals surface area (Å²) in [6, 6.07) is -2.27. The van der Waals surface area contributed by atoms with Crippen molar-refractivity contribution in [3.63, 3.8) is 0 Å². The molecule has 8 nitrogen and oxygen atoms in total. The topological polar surface area (TPSA) is 151 Å². The van der Waals surface area contributed by atoms with Crippen molar-refractivity contribution in [2.24, 2.45) is 22.2 Å². The van der Waals surface area contributed by atoms with E-state index in [0.29, 0.717) is 6.29 Å². The minimum Gasteiger partial charge on any atom is -0.370 e. The molecule has 0 aliphatic heterocycles. The number of aliphatic imine (C=N–C) groups is 1. The van der Waals surface area contributed by atoms with Crippen LogP contribution in [0.5, 0.6) is 0 Å². The molecule has 0 spiro atoms. The Kier molecular flexibility index (Phi) is 5.15. The number of carbonyl (C=O) groups excluding carboxylic acids is 1. The molecule has 0 saturated heterocycles.